The van der Waals surface area contributed by atoms with E-state index in [4.69, 9.17) is 34.0 Å². The highest BCUT2D eigenvalue weighted by Crippen LogP contribution is 2.23. The number of rotatable bonds is 8. The Bertz CT molecular complexity index is 439. The van der Waals surface area contributed by atoms with Crippen LogP contribution in [0.15, 0.2) is 24.3 Å². The van der Waals surface area contributed by atoms with Crippen LogP contribution >= 0.6 is 48.0 Å². The van der Waals surface area contributed by atoms with Gasteiger partial charge in [0.25, 0.3) is 0 Å². The Morgan fingerprint density at radius 3 is 2.00 bits per heavy atom. The molecule has 0 spiro atoms. The van der Waals surface area contributed by atoms with Crippen molar-refractivity contribution in [2.75, 3.05) is 24.8 Å². The van der Waals surface area contributed by atoms with E-state index in [1.54, 1.807) is 24.3 Å². The molecule has 1 rings (SSSR count). The zero-order valence-corrected chi connectivity index (χ0v) is 14.9. The number of aliphatic carboxylic acids is 1. The molecular formula is C13H20Cl4N2O3. The first kappa shape index (κ1) is 24.0. The predicted octanol–water partition coefficient (Wildman–Crippen LogP) is 2.77. The summed E-state index contributed by atoms with van der Waals surface area (Å²) < 4.78 is -0.585. The van der Waals surface area contributed by atoms with Crippen molar-refractivity contribution in [3.8, 4) is 0 Å². The molecule has 9 heteroatoms. The van der Waals surface area contributed by atoms with E-state index in [9.17, 15) is 10.0 Å². The number of nitrogens with zero attached hydrogens (tertiary/aromatic N) is 1. The van der Waals surface area contributed by atoms with Crippen molar-refractivity contribution >= 4 is 59.7 Å². The summed E-state index contributed by atoms with van der Waals surface area (Å²) in [5, 5.41) is 21.4. The third-order valence-corrected chi connectivity index (χ3v) is 3.41. The molecule has 0 aromatic heterocycles. The largest absolute Gasteiger partial charge is 0.627 e. The maximum atomic E-state index is 12.6. The molecule has 1 atom stereocenters. The van der Waals surface area contributed by atoms with Crippen molar-refractivity contribution in [3.63, 3.8) is 0 Å². The first-order valence-electron chi connectivity index (χ1n) is 6.21. The zero-order chi connectivity index (χ0) is 15.2. The van der Waals surface area contributed by atoms with Crippen LogP contribution in [0.4, 0.5) is 5.69 Å². The van der Waals surface area contributed by atoms with Gasteiger partial charge in [0.05, 0.1) is 24.8 Å². The molecule has 0 radical (unpaired) electrons. The van der Waals surface area contributed by atoms with Gasteiger partial charge in [0.2, 0.25) is 0 Å². The molecule has 3 N–H and O–H groups in total. The van der Waals surface area contributed by atoms with Crippen LogP contribution in [-0.2, 0) is 11.2 Å². The zero-order valence-electron chi connectivity index (χ0n) is 11.8. The number of carboxylic acids is 1. The normalized spacial score (nSPS) is 12.0. The van der Waals surface area contributed by atoms with Crippen LogP contribution in [0.5, 0.6) is 0 Å². The van der Waals surface area contributed by atoms with Crippen LogP contribution in [-0.4, -0.2) is 42.0 Å². The first-order valence-corrected chi connectivity index (χ1v) is 7.28. The number of hydroxylamine groups is 2. The SMILES string of the molecule is Cl.Cl.NC(Cc1ccc([N+]([O-])(CCCl)CCCl)cc1)C(=O)O. The van der Waals surface area contributed by atoms with Crippen molar-refractivity contribution in [2.45, 2.75) is 12.5 Å². The van der Waals surface area contributed by atoms with Crippen molar-refractivity contribution < 1.29 is 9.90 Å². The quantitative estimate of drug-likeness (QED) is 0.404. The van der Waals surface area contributed by atoms with Crippen LogP contribution in [0, 0.1) is 5.21 Å². The lowest BCUT2D eigenvalue weighted by molar-refractivity contribution is -0.138. The maximum absolute atomic E-state index is 12.6. The Morgan fingerprint density at radius 1 is 1.18 bits per heavy atom. The summed E-state index contributed by atoms with van der Waals surface area (Å²) in [7, 11) is 0. The van der Waals surface area contributed by atoms with Gasteiger partial charge in [-0.05, 0) is 24.1 Å². The Kier molecular flexibility index (Phi) is 12.3. The van der Waals surface area contributed by atoms with Crippen molar-refractivity contribution in [2.24, 2.45) is 5.73 Å². The Hall–Kier alpha value is -0.270. The summed E-state index contributed by atoms with van der Waals surface area (Å²) in [5.74, 6) is -0.565. The number of nitrogens with two attached hydrogens (primary N) is 1. The molecule has 5 nitrogen and oxygen atoms in total. The summed E-state index contributed by atoms with van der Waals surface area (Å²) in [6, 6.07) is 5.83. The average Bonchev–Trinajstić information content (AvgIpc) is 2.39. The Morgan fingerprint density at radius 2 is 1.64 bits per heavy atom. The van der Waals surface area contributed by atoms with Gasteiger partial charge in [-0.15, -0.1) is 48.0 Å². The summed E-state index contributed by atoms with van der Waals surface area (Å²) in [6.07, 6.45) is 0.222. The van der Waals surface area contributed by atoms with E-state index in [0.717, 1.165) is 5.56 Å². The molecule has 0 fully saturated rings. The van der Waals surface area contributed by atoms with E-state index in [-0.39, 0.29) is 56.1 Å². The first-order chi connectivity index (χ1) is 9.42. The molecule has 0 bridgehead atoms. The van der Waals surface area contributed by atoms with Gasteiger partial charge in [-0.2, -0.15) is 0 Å². The van der Waals surface area contributed by atoms with Crippen molar-refractivity contribution in [3.05, 3.63) is 35.0 Å². The lowest BCUT2D eigenvalue weighted by Gasteiger charge is -2.41. The van der Waals surface area contributed by atoms with E-state index in [2.05, 4.69) is 0 Å². The highest BCUT2D eigenvalue weighted by Gasteiger charge is 2.19. The number of carbonyl (C=O) groups is 1. The summed E-state index contributed by atoms with van der Waals surface area (Å²) in [6.45, 7) is 0.477. The average molecular weight is 394 g/mol. The van der Waals surface area contributed by atoms with Gasteiger partial charge < -0.3 is 20.7 Å². The molecule has 0 amide bonds. The number of hydrogen-bond donors (Lipinski definition) is 2. The minimum absolute atomic E-state index is 0. The molecule has 0 aliphatic carbocycles. The van der Waals surface area contributed by atoms with Gasteiger partial charge in [-0.25, -0.2) is 0 Å². The molecule has 128 valence electrons. The summed E-state index contributed by atoms with van der Waals surface area (Å²) in [4.78, 5) is 10.7. The van der Waals surface area contributed by atoms with Crippen molar-refractivity contribution in [1.29, 1.82) is 0 Å². The van der Waals surface area contributed by atoms with Crippen LogP contribution in [0.2, 0.25) is 0 Å². The molecule has 1 unspecified atom stereocenters. The third kappa shape index (κ3) is 6.87. The fourth-order valence-corrected chi connectivity index (χ4v) is 2.43. The topological polar surface area (TPSA) is 86.4 Å². The van der Waals surface area contributed by atoms with Gasteiger partial charge in [0.1, 0.15) is 11.7 Å². The fourth-order valence-electron chi connectivity index (χ4n) is 1.89. The number of alkyl halides is 2. The number of quaternary nitrogens is 1. The van der Waals surface area contributed by atoms with E-state index in [0.29, 0.717) is 5.69 Å². The summed E-state index contributed by atoms with van der Waals surface area (Å²) in [5.41, 5.74) is 6.79. The highest BCUT2D eigenvalue weighted by molar-refractivity contribution is 6.18. The highest BCUT2D eigenvalue weighted by atomic mass is 35.5. The Balaban J connectivity index is 0. The van der Waals surface area contributed by atoms with Crippen LogP contribution in [0.25, 0.3) is 0 Å². The second kappa shape index (κ2) is 11.3. The number of halogens is 4. The van der Waals surface area contributed by atoms with Crippen LogP contribution in [0.3, 0.4) is 0 Å². The molecule has 22 heavy (non-hydrogen) atoms. The predicted molar refractivity (Wildman–Crippen MR) is 96.6 cm³/mol. The second-order valence-electron chi connectivity index (χ2n) is 4.53. The van der Waals surface area contributed by atoms with Gasteiger partial charge in [0.15, 0.2) is 0 Å². The number of benzene rings is 1. The number of hydrogen-bond acceptors (Lipinski definition) is 3. The molecule has 1 aromatic rings. The molecular weight excluding hydrogens is 374 g/mol. The van der Waals surface area contributed by atoms with E-state index in [1.807, 2.05) is 0 Å². The minimum atomic E-state index is -1.05. The van der Waals surface area contributed by atoms with E-state index in [1.165, 1.54) is 0 Å². The standard InChI is InChI=1S/C13H18Cl2N2O3.2ClH/c14-5-7-17(20,8-6-15)11-3-1-10(2-4-11)9-12(16)13(18)19;;/h1-4,12H,5-9,16H2,(H,18,19);2*1H. The van der Waals surface area contributed by atoms with E-state index < -0.39 is 16.7 Å². The molecule has 1 aromatic carbocycles. The fraction of sp³-hybridized carbons (Fsp3) is 0.462. The number of carboxylic acid groups (broad SMARTS) is 1. The molecule has 0 aliphatic rings. The van der Waals surface area contributed by atoms with Crippen molar-refractivity contribution in [1.82, 2.24) is 4.65 Å². The lowest BCUT2D eigenvalue weighted by Crippen LogP contribution is -2.46. The van der Waals surface area contributed by atoms with Gasteiger partial charge in [-0.1, -0.05) is 12.1 Å². The second-order valence-corrected chi connectivity index (χ2v) is 5.29. The third-order valence-electron chi connectivity index (χ3n) is 3.07. The van der Waals surface area contributed by atoms with Gasteiger partial charge in [-0.3, -0.25) is 4.79 Å². The molecule has 0 aliphatic heterocycles. The monoisotopic (exact) mass is 392 g/mol. The minimum Gasteiger partial charge on any atom is -0.627 e. The van der Waals surface area contributed by atoms with Crippen LogP contribution in [0.1, 0.15) is 5.56 Å². The lowest BCUT2D eigenvalue weighted by atomic mass is 10.1. The van der Waals surface area contributed by atoms with E-state index >= 15 is 0 Å². The molecule has 0 saturated carbocycles. The summed E-state index contributed by atoms with van der Waals surface area (Å²) >= 11 is 11.3. The van der Waals surface area contributed by atoms with Gasteiger partial charge in [0, 0.05) is 0 Å². The Labute approximate surface area is 152 Å². The molecule has 0 saturated heterocycles. The van der Waals surface area contributed by atoms with Crippen LogP contribution < -0.4 is 10.4 Å². The molecule has 0 heterocycles. The maximum Gasteiger partial charge on any atom is 0.320 e. The smallest absolute Gasteiger partial charge is 0.320 e. The van der Waals surface area contributed by atoms with Gasteiger partial charge >= 0.3 is 5.97 Å².